The van der Waals surface area contributed by atoms with Crippen LogP contribution in [0, 0.1) is 17.2 Å². The van der Waals surface area contributed by atoms with Gasteiger partial charge in [-0.05, 0) is 24.0 Å². The van der Waals surface area contributed by atoms with Crippen LogP contribution in [0.15, 0.2) is 41.2 Å². The minimum atomic E-state index is -2.76. The molecule has 3 rings (SSSR count). The first-order valence-corrected chi connectivity index (χ1v) is 10.3. The molecule has 0 bridgehead atoms. The van der Waals surface area contributed by atoms with E-state index in [0.29, 0.717) is 0 Å². The summed E-state index contributed by atoms with van der Waals surface area (Å²) in [5, 5.41) is 15.2. The summed E-state index contributed by atoms with van der Waals surface area (Å²) in [6, 6.07) is 1.96. The molecule has 1 aliphatic carbocycles. The molecular weight excluding hydrogens is 481 g/mol. The molecule has 1 saturated carbocycles. The van der Waals surface area contributed by atoms with Gasteiger partial charge in [0.1, 0.15) is 0 Å². The topological polar surface area (TPSA) is 147 Å². The smallest absolute Gasteiger partial charge is 0.347 e. The molecule has 2 aliphatic rings. The zero-order chi connectivity index (χ0) is 24.7. The van der Waals surface area contributed by atoms with E-state index in [1.54, 1.807) is 6.92 Å². The summed E-state index contributed by atoms with van der Waals surface area (Å²) in [5.41, 5.74) is 11.3. The van der Waals surface area contributed by atoms with E-state index in [1.165, 1.54) is 12.1 Å². The van der Waals surface area contributed by atoms with Crippen molar-refractivity contribution >= 4 is 52.6 Å². The predicted molar refractivity (Wildman–Crippen MR) is 121 cm³/mol. The fourth-order valence-corrected chi connectivity index (χ4v) is 3.98. The molecule has 33 heavy (non-hydrogen) atoms. The van der Waals surface area contributed by atoms with Crippen molar-refractivity contribution in [2.75, 3.05) is 5.01 Å². The number of halogens is 4. The summed E-state index contributed by atoms with van der Waals surface area (Å²) in [4.78, 5) is 24.0. The number of nitrogens with one attached hydrogen (secondary N) is 2. The van der Waals surface area contributed by atoms with Crippen LogP contribution < -0.4 is 26.5 Å². The molecule has 1 aromatic carbocycles. The van der Waals surface area contributed by atoms with E-state index in [2.05, 4.69) is 17.0 Å². The fraction of sp³-hybridized carbons (Fsp3) is 0.300. The van der Waals surface area contributed by atoms with Crippen molar-refractivity contribution in [3.05, 3.63) is 46.1 Å². The number of amides is 3. The van der Waals surface area contributed by atoms with Gasteiger partial charge in [-0.25, -0.2) is 13.6 Å². The van der Waals surface area contributed by atoms with Crippen LogP contribution in [-0.2, 0) is 4.79 Å². The Balaban J connectivity index is 1.81. The van der Waals surface area contributed by atoms with E-state index < -0.39 is 35.6 Å². The molecule has 1 aliphatic heterocycles. The summed E-state index contributed by atoms with van der Waals surface area (Å²) in [6.07, 6.45) is 0.325. The molecule has 9 nitrogen and oxygen atoms in total. The lowest BCUT2D eigenvalue weighted by molar-refractivity contribution is -0.126. The molecule has 0 radical (unpaired) electrons. The van der Waals surface area contributed by atoms with Crippen LogP contribution in [-0.4, -0.2) is 29.6 Å². The van der Waals surface area contributed by atoms with Crippen molar-refractivity contribution in [2.24, 2.45) is 28.4 Å². The molecule has 0 spiro atoms. The van der Waals surface area contributed by atoms with Crippen molar-refractivity contribution in [3.63, 3.8) is 0 Å². The van der Waals surface area contributed by atoms with Gasteiger partial charge in [-0.15, -0.1) is 5.10 Å². The Hall–Kier alpha value is -3.18. The third-order valence-electron chi connectivity index (χ3n) is 5.30. The van der Waals surface area contributed by atoms with E-state index >= 15 is 0 Å². The average molecular weight is 501 g/mol. The number of primary amides is 1. The third-order valence-corrected chi connectivity index (χ3v) is 5.86. The van der Waals surface area contributed by atoms with E-state index in [4.69, 9.17) is 44.8 Å². The molecule has 1 fully saturated rings. The lowest BCUT2D eigenvalue weighted by Gasteiger charge is -2.39. The summed E-state index contributed by atoms with van der Waals surface area (Å²) in [7, 11) is 0. The van der Waals surface area contributed by atoms with Gasteiger partial charge in [-0.3, -0.25) is 10.2 Å². The Labute approximate surface area is 197 Å². The molecular formula is C20H20Cl2F2N6O3. The number of rotatable bonds is 6. The number of hydrazone groups is 1. The van der Waals surface area contributed by atoms with Crippen LogP contribution >= 0.6 is 23.2 Å². The standard InChI is InChI=1S/C20H20Cl2F2N6O3/c1-8(10-6-20(23,24)7-10)12(18(27)31)5-15(25)33-16-13(21)3-11(4-14(16)22)30-19(32)28-9(2)17(26)29-30/h3-5,8,10,25H,2,6-7H2,1H3,(H2,26,29)(H2,27,31)(H,28,32)/b12-5-,25-15?/t8-/m1/s1. The Morgan fingerprint density at radius 3 is 2.52 bits per heavy atom. The number of ether oxygens (including phenoxy) is 1. The number of carbonyl (C=O) groups is 2. The Morgan fingerprint density at radius 2 is 2.00 bits per heavy atom. The second-order valence-electron chi connectivity index (χ2n) is 7.69. The van der Waals surface area contributed by atoms with Gasteiger partial charge in [-0.2, -0.15) is 5.01 Å². The Morgan fingerprint density at radius 1 is 1.42 bits per heavy atom. The molecule has 0 saturated heterocycles. The molecule has 0 unspecified atom stereocenters. The molecule has 0 aromatic heterocycles. The number of anilines is 1. The Kier molecular flexibility index (Phi) is 6.66. The number of benzene rings is 1. The van der Waals surface area contributed by atoms with Crippen molar-refractivity contribution < 1.29 is 23.1 Å². The lowest BCUT2D eigenvalue weighted by atomic mass is 9.71. The number of carbonyl (C=O) groups excluding carboxylic acids is 2. The highest BCUT2D eigenvalue weighted by Gasteiger charge is 2.48. The van der Waals surface area contributed by atoms with E-state index in [0.717, 1.165) is 11.1 Å². The molecule has 1 aromatic rings. The average Bonchev–Trinajstić information content (AvgIpc) is 2.68. The van der Waals surface area contributed by atoms with Gasteiger partial charge in [0.2, 0.25) is 17.7 Å². The van der Waals surface area contributed by atoms with E-state index in [9.17, 15) is 18.4 Å². The van der Waals surface area contributed by atoms with Gasteiger partial charge < -0.3 is 21.5 Å². The van der Waals surface area contributed by atoms with Crippen molar-refractivity contribution in [1.82, 2.24) is 5.32 Å². The molecule has 3 amide bonds. The molecule has 1 atom stereocenters. The van der Waals surface area contributed by atoms with Gasteiger partial charge in [-0.1, -0.05) is 36.7 Å². The molecule has 176 valence electrons. The second kappa shape index (κ2) is 8.99. The normalized spacial score (nSPS) is 19.4. The second-order valence-corrected chi connectivity index (χ2v) is 8.50. The number of alkyl halides is 2. The monoisotopic (exact) mass is 500 g/mol. The number of nitrogens with two attached hydrogens (primary N) is 2. The van der Waals surface area contributed by atoms with E-state index in [1.807, 2.05) is 0 Å². The van der Waals surface area contributed by atoms with Crippen molar-refractivity contribution in [3.8, 4) is 5.75 Å². The molecule has 1 heterocycles. The van der Waals surface area contributed by atoms with Crippen LogP contribution in [0.3, 0.4) is 0 Å². The Bertz CT molecular complexity index is 1090. The number of amidine groups is 1. The van der Waals surface area contributed by atoms with E-state index in [-0.39, 0.29) is 51.4 Å². The number of nitrogens with zero attached hydrogens (tertiary/aromatic N) is 2. The first-order chi connectivity index (χ1) is 15.3. The maximum atomic E-state index is 13.2. The fourth-order valence-electron chi connectivity index (χ4n) is 3.42. The van der Waals surface area contributed by atoms with Gasteiger partial charge in [0.05, 0.1) is 21.4 Å². The minimum absolute atomic E-state index is 0.0218. The first-order valence-electron chi connectivity index (χ1n) is 9.58. The summed E-state index contributed by atoms with van der Waals surface area (Å²) in [5.74, 6) is -5.35. The summed E-state index contributed by atoms with van der Waals surface area (Å²) in [6.45, 7) is 5.13. The largest absolute Gasteiger partial charge is 0.436 e. The van der Waals surface area contributed by atoms with Crippen LogP contribution in [0.4, 0.5) is 19.3 Å². The number of hydrogen-bond acceptors (Lipinski definition) is 6. The zero-order valence-electron chi connectivity index (χ0n) is 17.3. The SMILES string of the molecule is C=C1NC(=O)N(c2cc(Cl)c(OC(=N)/C=C(\C(N)=O)[C@H](C)C3CC(F)(F)C3)c(Cl)c2)N=C1N. The molecule has 6 N–H and O–H groups in total. The highest BCUT2D eigenvalue weighted by molar-refractivity contribution is 6.38. The maximum absolute atomic E-state index is 13.2. The van der Waals surface area contributed by atoms with Crippen molar-refractivity contribution in [1.29, 1.82) is 5.41 Å². The van der Waals surface area contributed by atoms with Gasteiger partial charge >= 0.3 is 6.03 Å². The number of urea groups is 1. The van der Waals surface area contributed by atoms with Crippen LogP contribution in [0.25, 0.3) is 0 Å². The third kappa shape index (κ3) is 5.25. The highest BCUT2D eigenvalue weighted by atomic mass is 35.5. The number of hydrogen-bond donors (Lipinski definition) is 4. The maximum Gasteiger partial charge on any atom is 0.347 e. The van der Waals surface area contributed by atoms with Gasteiger partial charge in [0.15, 0.2) is 11.6 Å². The lowest BCUT2D eigenvalue weighted by Crippen LogP contribution is -2.45. The highest BCUT2D eigenvalue weighted by Crippen LogP contribution is 2.47. The first kappa shape index (κ1) is 24.5. The predicted octanol–water partition coefficient (Wildman–Crippen LogP) is 3.76. The van der Waals surface area contributed by atoms with Crippen molar-refractivity contribution in [2.45, 2.75) is 25.7 Å². The minimum Gasteiger partial charge on any atom is -0.436 e. The van der Waals surface area contributed by atoms with Crippen LogP contribution in [0.5, 0.6) is 5.75 Å². The molecule has 13 heteroatoms. The van der Waals surface area contributed by atoms with Gasteiger partial charge in [0.25, 0.3) is 0 Å². The van der Waals surface area contributed by atoms with Gasteiger partial charge in [0, 0.05) is 24.5 Å². The van der Waals surface area contributed by atoms with Crippen LogP contribution in [0.2, 0.25) is 10.0 Å². The summed E-state index contributed by atoms with van der Waals surface area (Å²) < 4.78 is 31.8. The quantitative estimate of drug-likeness (QED) is 0.267. The zero-order valence-corrected chi connectivity index (χ0v) is 18.8. The van der Waals surface area contributed by atoms with Crippen LogP contribution in [0.1, 0.15) is 19.8 Å². The summed E-state index contributed by atoms with van der Waals surface area (Å²) >= 11 is 12.5.